The molecule has 0 aliphatic carbocycles. The van der Waals surface area contributed by atoms with Crippen LogP contribution in [0.25, 0.3) is 22.4 Å². The number of aromatic nitrogens is 4. The number of nitriles is 1. The van der Waals surface area contributed by atoms with Crippen LogP contribution in [0.4, 0.5) is 0 Å². The molecule has 2 heterocycles. The zero-order valence-electron chi connectivity index (χ0n) is 18.0. The van der Waals surface area contributed by atoms with E-state index in [9.17, 15) is 10.1 Å². The summed E-state index contributed by atoms with van der Waals surface area (Å²) < 4.78 is 9.01. The van der Waals surface area contributed by atoms with Gasteiger partial charge in [-0.05, 0) is 54.4 Å². The lowest BCUT2D eigenvalue weighted by atomic mass is 10.2. The molecule has 8 heteroatoms. The molecule has 0 saturated carbocycles. The van der Waals surface area contributed by atoms with Crippen LogP contribution in [-0.2, 0) is 5.75 Å². The second-order valence-corrected chi connectivity index (χ2v) is 8.49. The Kier molecular flexibility index (Phi) is 5.32. The lowest BCUT2D eigenvalue weighted by molar-refractivity contribution is 0.412. The fourth-order valence-electron chi connectivity index (χ4n) is 3.84. The lowest BCUT2D eigenvalue weighted by Gasteiger charge is -2.14. The maximum Gasteiger partial charge on any atom is 0.267 e. The number of rotatable bonds is 5. The van der Waals surface area contributed by atoms with Gasteiger partial charge >= 0.3 is 0 Å². The van der Waals surface area contributed by atoms with E-state index in [-0.39, 0.29) is 5.56 Å². The summed E-state index contributed by atoms with van der Waals surface area (Å²) in [5.74, 6) is 1.60. The summed E-state index contributed by atoms with van der Waals surface area (Å²) in [6.45, 7) is 1.96. The van der Waals surface area contributed by atoms with Gasteiger partial charge in [0.2, 0.25) is 5.78 Å². The van der Waals surface area contributed by atoms with Crippen molar-refractivity contribution in [2.75, 3.05) is 7.11 Å². The van der Waals surface area contributed by atoms with E-state index in [1.54, 1.807) is 23.8 Å². The monoisotopic (exact) mass is 453 g/mol. The third-order valence-electron chi connectivity index (χ3n) is 5.39. The van der Waals surface area contributed by atoms with Gasteiger partial charge in [0, 0.05) is 5.75 Å². The van der Waals surface area contributed by atoms with E-state index in [1.807, 2.05) is 65.9 Å². The van der Waals surface area contributed by atoms with Crippen molar-refractivity contribution in [3.63, 3.8) is 0 Å². The molecule has 7 nitrogen and oxygen atoms in total. The number of benzene rings is 3. The minimum Gasteiger partial charge on any atom is -0.495 e. The third-order valence-corrected chi connectivity index (χ3v) is 6.39. The molecule has 2 aromatic heterocycles. The first-order chi connectivity index (χ1) is 16.1. The van der Waals surface area contributed by atoms with Gasteiger partial charge in [-0.25, -0.2) is 4.57 Å². The Morgan fingerprint density at radius 3 is 2.73 bits per heavy atom. The number of ether oxygens (including phenoxy) is 1. The van der Waals surface area contributed by atoms with Gasteiger partial charge in [0.25, 0.3) is 5.56 Å². The first-order valence-corrected chi connectivity index (χ1v) is 11.2. The van der Waals surface area contributed by atoms with Crippen LogP contribution in [-0.4, -0.2) is 26.3 Å². The van der Waals surface area contributed by atoms with Gasteiger partial charge in [0.15, 0.2) is 5.16 Å². The van der Waals surface area contributed by atoms with E-state index >= 15 is 0 Å². The van der Waals surface area contributed by atoms with Crippen LogP contribution in [0.3, 0.4) is 0 Å². The molecule has 0 aliphatic rings. The van der Waals surface area contributed by atoms with Gasteiger partial charge < -0.3 is 4.74 Å². The minimum absolute atomic E-state index is 0.187. The van der Waals surface area contributed by atoms with Gasteiger partial charge in [-0.3, -0.25) is 9.20 Å². The Morgan fingerprint density at radius 1 is 1.06 bits per heavy atom. The molecule has 3 aromatic carbocycles. The smallest absolute Gasteiger partial charge is 0.267 e. The van der Waals surface area contributed by atoms with Crippen molar-refractivity contribution in [2.45, 2.75) is 17.8 Å². The number of thioether (sulfide) groups is 1. The molecule has 0 unspecified atom stereocenters. The predicted octanol–water partition coefficient (Wildman–Crippen LogP) is 4.51. The molecule has 0 aliphatic heterocycles. The van der Waals surface area contributed by atoms with E-state index < -0.39 is 0 Å². The lowest BCUT2D eigenvalue weighted by Crippen LogP contribution is -2.22. The van der Waals surface area contributed by atoms with E-state index in [0.29, 0.717) is 39.1 Å². The summed E-state index contributed by atoms with van der Waals surface area (Å²) in [5, 5.41) is 19.2. The standard InChI is InChI=1S/C25H19N5O2S/c1-16-10-11-22(32-2)21(12-16)29-23(31)19-8-3-4-9-20(19)30-24(29)27-28-25(30)33-15-18-7-5-6-17(13-18)14-26/h3-13H,15H2,1-2H3. The summed E-state index contributed by atoms with van der Waals surface area (Å²) in [6.07, 6.45) is 0. The second-order valence-electron chi connectivity index (χ2n) is 7.55. The topological polar surface area (TPSA) is 85.2 Å². The summed E-state index contributed by atoms with van der Waals surface area (Å²) in [6, 6.07) is 22.8. The number of hydrogen-bond donors (Lipinski definition) is 0. The van der Waals surface area contributed by atoms with Crippen molar-refractivity contribution in [1.29, 1.82) is 5.26 Å². The third kappa shape index (κ3) is 3.62. The Hall–Kier alpha value is -4.09. The molecule has 0 N–H and O–H groups in total. The highest BCUT2D eigenvalue weighted by Crippen LogP contribution is 2.29. The molecule has 0 bridgehead atoms. The number of para-hydroxylation sites is 1. The van der Waals surface area contributed by atoms with Crippen molar-refractivity contribution >= 4 is 28.4 Å². The Bertz CT molecular complexity index is 1610. The van der Waals surface area contributed by atoms with Gasteiger partial charge in [-0.15, -0.1) is 10.2 Å². The maximum absolute atomic E-state index is 13.6. The zero-order chi connectivity index (χ0) is 22.9. The average molecular weight is 454 g/mol. The highest BCUT2D eigenvalue weighted by atomic mass is 32.2. The minimum atomic E-state index is -0.187. The van der Waals surface area contributed by atoms with Crippen LogP contribution in [0, 0.1) is 18.3 Å². The first kappa shape index (κ1) is 20.8. The van der Waals surface area contributed by atoms with Crippen molar-refractivity contribution in [3.05, 3.63) is 93.8 Å². The largest absolute Gasteiger partial charge is 0.495 e. The van der Waals surface area contributed by atoms with Gasteiger partial charge in [-0.1, -0.05) is 42.1 Å². The predicted molar refractivity (Wildman–Crippen MR) is 128 cm³/mol. The second kappa shape index (κ2) is 8.45. The number of aryl methyl sites for hydroxylation is 1. The molecule has 0 saturated heterocycles. The van der Waals surface area contributed by atoms with Gasteiger partial charge in [0.05, 0.1) is 35.3 Å². The average Bonchev–Trinajstić information content (AvgIpc) is 3.27. The van der Waals surface area contributed by atoms with Crippen molar-refractivity contribution in [2.24, 2.45) is 0 Å². The summed E-state index contributed by atoms with van der Waals surface area (Å²) >= 11 is 1.50. The zero-order valence-corrected chi connectivity index (χ0v) is 18.8. The Morgan fingerprint density at radius 2 is 1.91 bits per heavy atom. The molecule has 5 rings (SSSR count). The molecule has 33 heavy (non-hydrogen) atoms. The van der Waals surface area contributed by atoms with Crippen molar-refractivity contribution < 1.29 is 4.74 Å². The molecule has 0 spiro atoms. The van der Waals surface area contributed by atoms with Crippen molar-refractivity contribution in [1.82, 2.24) is 19.2 Å². The highest BCUT2D eigenvalue weighted by Gasteiger charge is 2.20. The highest BCUT2D eigenvalue weighted by molar-refractivity contribution is 7.98. The quantitative estimate of drug-likeness (QED) is 0.364. The molecule has 0 amide bonds. The normalized spacial score (nSPS) is 11.1. The molecular formula is C25H19N5O2S. The number of fused-ring (bicyclic) bond motifs is 3. The van der Waals surface area contributed by atoms with Gasteiger partial charge in [-0.2, -0.15) is 5.26 Å². The summed E-state index contributed by atoms with van der Waals surface area (Å²) in [5.41, 5.74) is 3.78. The fourth-order valence-corrected chi connectivity index (χ4v) is 4.73. The number of methoxy groups -OCH3 is 1. The van der Waals surface area contributed by atoms with Crippen molar-refractivity contribution in [3.8, 4) is 17.5 Å². The molecule has 0 atom stereocenters. The molecule has 5 aromatic rings. The molecule has 0 fully saturated rings. The van der Waals surface area contributed by atoms with E-state index in [2.05, 4.69) is 16.3 Å². The van der Waals surface area contributed by atoms with Crippen LogP contribution in [0.15, 0.2) is 76.7 Å². The Balaban J connectivity index is 1.73. The van der Waals surface area contributed by atoms with E-state index in [1.165, 1.54) is 11.8 Å². The molecule has 0 radical (unpaired) electrons. The Labute approximate surface area is 193 Å². The molecular weight excluding hydrogens is 434 g/mol. The maximum atomic E-state index is 13.6. The van der Waals surface area contributed by atoms with Crippen LogP contribution in [0.2, 0.25) is 0 Å². The first-order valence-electron chi connectivity index (χ1n) is 10.3. The molecule has 162 valence electrons. The van der Waals surface area contributed by atoms with Crippen LogP contribution >= 0.6 is 11.8 Å². The van der Waals surface area contributed by atoms with Crippen LogP contribution < -0.4 is 10.3 Å². The van der Waals surface area contributed by atoms with E-state index in [4.69, 9.17) is 4.74 Å². The fraction of sp³-hybridized carbons (Fsp3) is 0.120. The number of nitrogens with zero attached hydrogens (tertiary/aromatic N) is 5. The summed E-state index contributed by atoms with van der Waals surface area (Å²) in [7, 11) is 1.58. The summed E-state index contributed by atoms with van der Waals surface area (Å²) in [4.78, 5) is 13.6. The number of hydrogen-bond acceptors (Lipinski definition) is 6. The van der Waals surface area contributed by atoms with Crippen LogP contribution in [0.5, 0.6) is 5.75 Å². The SMILES string of the molecule is COc1ccc(C)cc1-n1c(=O)c2ccccc2n2c(SCc3cccc(C#N)c3)nnc12. The van der Waals surface area contributed by atoms with Crippen LogP contribution in [0.1, 0.15) is 16.7 Å². The van der Waals surface area contributed by atoms with E-state index in [0.717, 1.165) is 16.6 Å². The van der Waals surface area contributed by atoms with Gasteiger partial charge in [0.1, 0.15) is 5.75 Å².